The molecular weight excluding hydrogens is 428 g/mol. The molecule has 2 aliphatic heterocycles. The van der Waals surface area contributed by atoms with Crippen molar-refractivity contribution in [3.05, 3.63) is 78.4 Å². The fourth-order valence-electron chi connectivity index (χ4n) is 3.51. The van der Waals surface area contributed by atoms with Crippen LogP contribution in [-0.2, 0) is 13.0 Å². The summed E-state index contributed by atoms with van der Waals surface area (Å²) in [6, 6.07) is 10.4. The first kappa shape index (κ1) is 20.7. The summed E-state index contributed by atoms with van der Waals surface area (Å²) in [7, 11) is 0. The Balaban J connectivity index is 1.33. The van der Waals surface area contributed by atoms with E-state index in [-0.39, 0.29) is 11.3 Å². The lowest BCUT2D eigenvalue weighted by molar-refractivity contribution is 0.328. The monoisotopic (exact) mass is 447 g/mol. The highest BCUT2D eigenvalue weighted by Crippen LogP contribution is 2.30. The minimum atomic E-state index is -0.553. The summed E-state index contributed by atoms with van der Waals surface area (Å²) in [5.74, 6) is 0.528. The molecule has 1 aromatic carbocycles. The van der Waals surface area contributed by atoms with Crippen LogP contribution in [0.2, 0.25) is 0 Å². The molecule has 0 radical (unpaired) electrons. The Labute approximate surface area is 188 Å². The molecule has 9 heteroatoms. The Morgan fingerprint density at radius 3 is 2.76 bits per heavy atom. The van der Waals surface area contributed by atoms with Crippen LogP contribution in [0.5, 0.6) is 5.88 Å². The Hall–Kier alpha value is -4.14. The molecule has 5 rings (SSSR count). The summed E-state index contributed by atoms with van der Waals surface area (Å²) in [5, 5.41) is 3.88. The third-order valence-electron chi connectivity index (χ3n) is 5.10. The molecule has 0 unspecified atom stereocenters. The minimum absolute atomic E-state index is 0.0699. The second-order valence-corrected chi connectivity index (χ2v) is 7.34. The van der Waals surface area contributed by atoms with Crippen molar-refractivity contribution in [2.75, 3.05) is 6.61 Å². The number of aryl methyl sites for hydroxylation is 2. The lowest BCUT2D eigenvalue weighted by atomic mass is 10.1. The van der Waals surface area contributed by atoms with Crippen LogP contribution in [0.4, 0.5) is 8.78 Å². The zero-order valence-electron chi connectivity index (χ0n) is 17.7. The maximum Gasteiger partial charge on any atom is 0.224 e. The number of benzene rings is 1. The van der Waals surface area contributed by atoms with E-state index in [1.165, 1.54) is 0 Å². The fraction of sp³-hybridized carbons (Fsp3) is 0.167. The molecule has 4 heterocycles. The van der Waals surface area contributed by atoms with Crippen molar-refractivity contribution in [2.45, 2.75) is 19.9 Å². The lowest BCUT2D eigenvalue weighted by Crippen LogP contribution is -2.01. The van der Waals surface area contributed by atoms with E-state index >= 15 is 0 Å². The lowest BCUT2D eigenvalue weighted by Gasteiger charge is -2.06. The number of halogens is 2. The van der Waals surface area contributed by atoms with Crippen LogP contribution >= 0.6 is 0 Å². The van der Waals surface area contributed by atoms with Crippen molar-refractivity contribution in [3.63, 3.8) is 0 Å². The Kier molecular flexibility index (Phi) is 5.52. The van der Waals surface area contributed by atoms with Gasteiger partial charge in [0.15, 0.2) is 5.82 Å². The van der Waals surface area contributed by atoms with Gasteiger partial charge in [0.25, 0.3) is 0 Å². The molecule has 166 valence electrons. The van der Waals surface area contributed by atoms with Gasteiger partial charge in [-0.25, -0.2) is 23.7 Å². The van der Waals surface area contributed by atoms with Gasteiger partial charge in [-0.3, -0.25) is 0 Å². The smallest absolute Gasteiger partial charge is 0.224 e. The minimum Gasteiger partial charge on any atom is -0.477 e. The standard InChI is InChI=1S/C24H19F2N5O2/c1-2-32-24-17(4-3-9-27-24)23-28-20-8-11-31(14-22(20)29-23)10-7-16-13-21(30-33-16)18-12-15(25)5-6-19(18)26/h3-6,8-9,11-14H,2,7,10H2,1H3. The number of hydrogen-bond acceptors (Lipinski definition) is 6. The SMILES string of the molecule is CCOc1ncccc1-c1nc2ccn(CCc3cc(-c4cc(F)ccc4F)no3)cc-2n1. The van der Waals surface area contributed by atoms with E-state index in [1.807, 2.05) is 42.1 Å². The molecular formula is C24H19F2N5O2. The molecule has 0 saturated heterocycles. The van der Waals surface area contributed by atoms with Crippen LogP contribution in [0, 0.1) is 11.6 Å². The van der Waals surface area contributed by atoms with Crippen LogP contribution in [0.15, 0.2) is 65.6 Å². The predicted molar refractivity (Wildman–Crippen MR) is 117 cm³/mol. The number of aromatic nitrogens is 5. The molecule has 2 aromatic heterocycles. The summed E-state index contributed by atoms with van der Waals surface area (Å²) < 4.78 is 40.3. The predicted octanol–water partition coefficient (Wildman–Crippen LogP) is 5.02. The van der Waals surface area contributed by atoms with Crippen molar-refractivity contribution in [3.8, 4) is 39.9 Å². The fourth-order valence-corrected chi connectivity index (χ4v) is 3.51. The van der Waals surface area contributed by atoms with Gasteiger partial charge in [0.2, 0.25) is 5.88 Å². The van der Waals surface area contributed by atoms with Gasteiger partial charge in [0, 0.05) is 43.2 Å². The number of imidazole rings is 1. The van der Waals surface area contributed by atoms with Gasteiger partial charge < -0.3 is 13.8 Å². The highest BCUT2D eigenvalue weighted by molar-refractivity contribution is 5.68. The van der Waals surface area contributed by atoms with Gasteiger partial charge in [-0.05, 0) is 43.3 Å². The average Bonchev–Trinajstić information content (AvgIpc) is 3.46. The molecule has 7 nitrogen and oxygen atoms in total. The van der Waals surface area contributed by atoms with Gasteiger partial charge in [0.1, 0.15) is 28.8 Å². The van der Waals surface area contributed by atoms with E-state index in [0.29, 0.717) is 37.0 Å². The summed E-state index contributed by atoms with van der Waals surface area (Å²) in [6.45, 7) is 2.98. The first-order valence-electron chi connectivity index (χ1n) is 10.4. The first-order valence-corrected chi connectivity index (χ1v) is 10.4. The Morgan fingerprint density at radius 2 is 1.88 bits per heavy atom. The Bertz CT molecular complexity index is 1380. The normalized spacial score (nSPS) is 11.2. The molecule has 0 fully saturated rings. The van der Waals surface area contributed by atoms with E-state index in [4.69, 9.17) is 9.26 Å². The van der Waals surface area contributed by atoms with Crippen molar-refractivity contribution in [2.24, 2.45) is 0 Å². The van der Waals surface area contributed by atoms with Crippen molar-refractivity contribution in [1.82, 2.24) is 24.7 Å². The summed E-state index contributed by atoms with van der Waals surface area (Å²) in [6.07, 6.45) is 5.98. The van der Waals surface area contributed by atoms with Crippen molar-refractivity contribution < 1.29 is 18.0 Å². The van der Waals surface area contributed by atoms with E-state index in [1.54, 1.807) is 12.3 Å². The summed E-state index contributed by atoms with van der Waals surface area (Å²) >= 11 is 0. The van der Waals surface area contributed by atoms with E-state index < -0.39 is 11.6 Å². The average molecular weight is 447 g/mol. The number of rotatable bonds is 7. The molecule has 0 saturated carbocycles. The number of pyridine rings is 2. The molecule has 0 spiro atoms. The second kappa shape index (κ2) is 8.78. The van der Waals surface area contributed by atoms with Gasteiger partial charge in [0.05, 0.1) is 17.9 Å². The zero-order chi connectivity index (χ0) is 22.8. The number of ether oxygens (including phenoxy) is 1. The highest BCUT2D eigenvalue weighted by atomic mass is 19.1. The van der Waals surface area contributed by atoms with E-state index in [9.17, 15) is 8.78 Å². The molecule has 0 atom stereocenters. The second-order valence-electron chi connectivity index (χ2n) is 7.34. The molecule has 3 aromatic rings. The molecule has 0 aliphatic carbocycles. The number of fused-ring (bicyclic) bond motifs is 1. The van der Waals surface area contributed by atoms with Crippen LogP contribution < -0.4 is 4.74 Å². The first-order chi connectivity index (χ1) is 16.1. The summed E-state index contributed by atoms with van der Waals surface area (Å²) in [5.41, 5.74) is 2.56. The molecule has 0 N–H and O–H groups in total. The van der Waals surface area contributed by atoms with Gasteiger partial charge in [-0.15, -0.1) is 0 Å². The Morgan fingerprint density at radius 1 is 1.00 bits per heavy atom. The maximum atomic E-state index is 14.0. The topological polar surface area (TPSA) is 78.9 Å². The van der Waals surface area contributed by atoms with Gasteiger partial charge in [-0.1, -0.05) is 5.16 Å². The van der Waals surface area contributed by atoms with Crippen LogP contribution in [0.1, 0.15) is 12.7 Å². The van der Waals surface area contributed by atoms with Crippen LogP contribution in [-0.4, -0.2) is 31.3 Å². The highest BCUT2D eigenvalue weighted by Gasteiger charge is 2.17. The summed E-state index contributed by atoms with van der Waals surface area (Å²) in [4.78, 5) is 13.5. The number of hydrogen-bond donors (Lipinski definition) is 0. The molecule has 0 amide bonds. The quantitative estimate of drug-likeness (QED) is 0.349. The van der Waals surface area contributed by atoms with Gasteiger partial charge in [-0.2, -0.15) is 0 Å². The number of nitrogens with zero attached hydrogens (tertiary/aromatic N) is 5. The van der Waals surface area contributed by atoms with Crippen molar-refractivity contribution in [1.29, 1.82) is 0 Å². The van der Waals surface area contributed by atoms with Gasteiger partial charge >= 0.3 is 0 Å². The molecule has 33 heavy (non-hydrogen) atoms. The van der Waals surface area contributed by atoms with Crippen LogP contribution in [0.3, 0.4) is 0 Å². The third-order valence-corrected chi connectivity index (χ3v) is 5.10. The third kappa shape index (κ3) is 4.30. The van der Waals surface area contributed by atoms with Crippen LogP contribution in [0.25, 0.3) is 34.0 Å². The largest absolute Gasteiger partial charge is 0.477 e. The van der Waals surface area contributed by atoms with E-state index in [2.05, 4.69) is 20.1 Å². The molecule has 2 aliphatic rings. The van der Waals surface area contributed by atoms with Crippen molar-refractivity contribution >= 4 is 0 Å². The zero-order valence-corrected chi connectivity index (χ0v) is 17.7. The maximum absolute atomic E-state index is 14.0. The van der Waals surface area contributed by atoms with E-state index in [0.717, 1.165) is 35.2 Å². The molecule has 0 bridgehead atoms.